The van der Waals surface area contributed by atoms with E-state index in [1.165, 1.54) is 16.5 Å². The highest BCUT2D eigenvalue weighted by Gasteiger charge is 2.31. The van der Waals surface area contributed by atoms with E-state index in [-0.39, 0.29) is 0 Å². The molecule has 1 saturated heterocycles. The van der Waals surface area contributed by atoms with Gasteiger partial charge in [-0.25, -0.2) is 0 Å². The molecule has 26 heavy (non-hydrogen) atoms. The Labute approximate surface area is 154 Å². The zero-order valence-corrected chi connectivity index (χ0v) is 15.0. The predicted octanol–water partition coefficient (Wildman–Crippen LogP) is 3.96. The zero-order valence-electron chi connectivity index (χ0n) is 15.0. The van der Waals surface area contributed by atoms with E-state index < -0.39 is 5.60 Å². The van der Waals surface area contributed by atoms with Gasteiger partial charge in [-0.3, -0.25) is 4.90 Å². The van der Waals surface area contributed by atoms with Gasteiger partial charge in [0, 0.05) is 24.8 Å². The summed E-state index contributed by atoms with van der Waals surface area (Å²) in [7, 11) is 0. The minimum absolute atomic E-state index is 0.361. The van der Waals surface area contributed by atoms with Crippen molar-refractivity contribution in [3.05, 3.63) is 66.4 Å². The maximum atomic E-state index is 11.0. The van der Waals surface area contributed by atoms with Crippen molar-refractivity contribution in [1.29, 1.82) is 0 Å². The molecule has 0 bridgehead atoms. The lowest BCUT2D eigenvalue weighted by Gasteiger charge is -2.27. The van der Waals surface area contributed by atoms with Crippen LogP contribution < -0.4 is 4.74 Å². The molecule has 1 aliphatic rings. The monoisotopic (exact) mass is 350 g/mol. The average Bonchev–Trinajstić information content (AvgIpc) is 3.05. The van der Waals surface area contributed by atoms with E-state index in [0.717, 1.165) is 44.6 Å². The molecule has 1 atom stereocenters. The lowest BCUT2D eigenvalue weighted by atomic mass is 9.96. The SMILES string of the molecule is OC1(COc2ccccc2)CCCN(Cc2ccc3[nH]ccc3c2)CC1. The molecule has 0 amide bonds. The van der Waals surface area contributed by atoms with Crippen molar-refractivity contribution in [2.75, 3.05) is 19.7 Å². The highest BCUT2D eigenvalue weighted by molar-refractivity contribution is 5.79. The number of fused-ring (bicyclic) bond motifs is 1. The summed E-state index contributed by atoms with van der Waals surface area (Å²) < 4.78 is 5.82. The normalized spacial score (nSPS) is 21.6. The van der Waals surface area contributed by atoms with Crippen LogP contribution in [0, 0.1) is 0 Å². The van der Waals surface area contributed by atoms with Crippen molar-refractivity contribution in [2.45, 2.75) is 31.4 Å². The maximum absolute atomic E-state index is 11.0. The zero-order chi connectivity index (χ0) is 17.8. The fraction of sp³-hybridized carbons (Fsp3) is 0.364. The number of ether oxygens (including phenoxy) is 1. The summed E-state index contributed by atoms with van der Waals surface area (Å²) in [6, 6.07) is 18.4. The second-order valence-electron chi connectivity index (χ2n) is 7.36. The molecule has 4 heteroatoms. The highest BCUT2D eigenvalue weighted by atomic mass is 16.5. The average molecular weight is 350 g/mol. The van der Waals surface area contributed by atoms with E-state index >= 15 is 0 Å². The van der Waals surface area contributed by atoms with E-state index in [1.807, 2.05) is 36.5 Å². The van der Waals surface area contributed by atoms with Crippen LogP contribution in [0.2, 0.25) is 0 Å². The molecule has 0 radical (unpaired) electrons. The number of hydrogen-bond acceptors (Lipinski definition) is 3. The van der Waals surface area contributed by atoms with E-state index in [1.54, 1.807) is 0 Å². The molecule has 2 N–H and O–H groups in total. The van der Waals surface area contributed by atoms with Crippen molar-refractivity contribution >= 4 is 10.9 Å². The van der Waals surface area contributed by atoms with Gasteiger partial charge in [-0.05, 0) is 67.1 Å². The topological polar surface area (TPSA) is 48.5 Å². The molecule has 136 valence electrons. The summed E-state index contributed by atoms with van der Waals surface area (Å²) in [6.45, 7) is 3.19. The number of hydrogen-bond donors (Lipinski definition) is 2. The Balaban J connectivity index is 1.34. The van der Waals surface area contributed by atoms with Crippen LogP contribution in [0.4, 0.5) is 0 Å². The van der Waals surface area contributed by atoms with Crippen molar-refractivity contribution in [1.82, 2.24) is 9.88 Å². The molecule has 0 aliphatic carbocycles. The third-order valence-corrected chi connectivity index (χ3v) is 5.28. The number of para-hydroxylation sites is 1. The van der Waals surface area contributed by atoms with Crippen LogP contribution in [0.5, 0.6) is 5.75 Å². The van der Waals surface area contributed by atoms with Gasteiger partial charge in [0.25, 0.3) is 0 Å². The minimum atomic E-state index is -0.741. The van der Waals surface area contributed by atoms with Gasteiger partial charge in [-0.15, -0.1) is 0 Å². The molecule has 2 aromatic carbocycles. The molecular formula is C22H26N2O2. The predicted molar refractivity (Wildman–Crippen MR) is 104 cm³/mol. The molecule has 0 spiro atoms. The molecule has 3 aromatic rings. The Hall–Kier alpha value is -2.30. The van der Waals surface area contributed by atoms with Crippen LogP contribution >= 0.6 is 0 Å². The quantitative estimate of drug-likeness (QED) is 0.732. The summed E-state index contributed by atoms with van der Waals surface area (Å²) in [5.74, 6) is 0.821. The van der Waals surface area contributed by atoms with Gasteiger partial charge in [-0.2, -0.15) is 0 Å². The maximum Gasteiger partial charge on any atom is 0.119 e. The third-order valence-electron chi connectivity index (χ3n) is 5.28. The Kier molecular flexibility index (Phi) is 4.96. The van der Waals surface area contributed by atoms with Crippen molar-refractivity contribution < 1.29 is 9.84 Å². The first kappa shape index (κ1) is 17.1. The molecular weight excluding hydrogens is 324 g/mol. The first-order valence-electron chi connectivity index (χ1n) is 9.39. The van der Waals surface area contributed by atoms with Crippen LogP contribution in [-0.4, -0.2) is 40.3 Å². The van der Waals surface area contributed by atoms with Gasteiger partial charge >= 0.3 is 0 Å². The van der Waals surface area contributed by atoms with Crippen molar-refractivity contribution in [2.24, 2.45) is 0 Å². The first-order chi connectivity index (χ1) is 12.7. The van der Waals surface area contributed by atoms with E-state index in [4.69, 9.17) is 4.74 Å². The summed E-state index contributed by atoms with van der Waals surface area (Å²) in [5.41, 5.74) is 1.76. The van der Waals surface area contributed by atoms with Gasteiger partial charge in [0.2, 0.25) is 0 Å². The number of aromatic nitrogens is 1. The summed E-state index contributed by atoms with van der Waals surface area (Å²) in [4.78, 5) is 5.68. The van der Waals surface area contributed by atoms with Crippen molar-refractivity contribution in [3.63, 3.8) is 0 Å². The Morgan fingerprint density at radius 1 is 1.04 bits per heavy atom. The fourth-order valence-electron chi connectivity index (χ4n) is 3.73. The molecule has 2 heterocycles. The van der Waals surface area contributed by atoms with E-state index in [9.17, 15) is 5.11 Å². The molecule has 1 aromatic heterocycles. The van der Waals surface area contributed by atoms with Gasteiger partial charge in [0.15, 0.2) is 0 Å². The molecule has 1 aliphatic heterocycles. The Morgan fingerprint density at radius 3 is 2.81 bits per heavy atom. The number of benzene rings is 2. The van der Waals surface area contributed by atoms with Gasteiger partial charge in [-0.1, -0.05) is 24.3 Å². The summed E-state index contributed by atoms with van der Waals surface area (Å²) in [6.07, 6.45) is 4.49. The Morgan fingerprint density at radius 2 is 1.92 bits per heavy atom. The summed E-state index contributed by atoms with van der Waals surface area (Å²) >= 11 is 0. The number of rotatable bonds is 5. The van der Waals surface area contributed by atoms with Gasteiger partial charge in [0.05, 0.1) is 5.60 Å². The second kappa shape index (κ2) is 7.52. The standard InChI is InChI=1S/C22H26N2O2/c25-22(17-26-20-5-2-1-3-6-20)10-4-13-24(14-11-22)16-18-7-8-21-19(15-18)9-12-23-21/h1-3,5-9,12,15,23,25H,4,10-11,13-14,16-17H2. The van der Waals surface area contributed by atoms with Crippen LogP contribution in [0.3, 0.4) is 0 Å². The number of nitrogens with zero attached hydrogens (tertiary/aromatic N) is 1. The van der Waals surface area contributed by atoms with Crippen LogP contribution in [0.1, 0.15) is 24.8 Å². The van der Waals surface area contributed by atoms with Crippen LogP contribution in [0.25, 0.3) is 10.9 Å². The molecule has 0 saturated carbocycles. The van der Waals surface area contributed by atoms with Crippen LogP contribution in [-0.2, 0) is 6.54 Å². The van der Waals surface area contributed by atoms with E-state index in [0.29, 0.717) is 6.61 Å². The smallest absolute Gasteiger partial charge is 0.119 e. The largest absolute Gasteiger partial charge is 0.491 e. The van der Waals surface area contributed by atoms with Gasteiger partial charge in [0.1, 0.15) is 12.4 Å². The third kappa shape index (κ3) is 4.09. The lowest BCUT2D eigenvalue weighted by Crippen LogP contribution is -2.37. The van der Waals surface area contributed by atoms with Crippen LogP contribution in [0.15, 0.2) is 60.8 Å². The fourth-order valence-corrected chi connectivity index (χ4v) is 3.73. The number of H-pyrrole nitrogens is 1. The molecule has 1 fully saturated rings. The first-order valence-corrected chi connectivity index (χ1v) is 9.39. The number of aliphatic hydroxyl groups is 1. The highest BCUT2D eigenvalue weighted by Crippen LogP contribution is 2.25. The molecule has 4 nitrogen and oxygen atoms in total. The minimum Gasteiger partial charge on any atom is -0.491 e. The number of nitrogens with one attached hydrogen (secondary N) is 1. The second-order valence-corrected chi connectivity index (χ2v) is 7.36. The molecule has 1 unspecified atom stereocenters. The summed E-state index contributed by atoms with van der Waals surface area (Å²) in [5, 5.41) is 12.2. The lowest BCUT2D eigenvalue weighted by molar-refractivity contribution is -0.0168. The number of aromatic amines is 1. The van der Waals surface area contributed by atoms with Gasteiger partial charge < -0.3 is 14.8 Å². The number of likely N-dealkylation sites (tertiary alicyclic amines) is 1. The molecule has 4 rings (SSSR count). The van der Waals surface area contributed by atoms with Crippen molar-refractivity contribution in [3.8, 4) is 5.75 Å². The van der Waals surface area contributed by atoms with E-state index in [2.05, 4.69) is 34.1 Å². The Bertz CT molecular complexity index is 845.